The Bertz CT molecular complexity index is 590. The zero-order valence-corrected chi connectivity index (χ0v) is 12.9. The molecule has 21 heavy (non-hydrogen) atoms. The number of nitrogens with one attached hydrogen (secondary N) is 2. The molecule has 0 saturated heterocycles. The van der Waals surface area contributed by atoms with Gasteiger partial charge in [-0.15, -0.1) is 0 Å². The van der Waals surface area contributed by atoms with Gasteiger partial charge in [-0.2, -0.15) is 0 Å². The zero-order chi connectivity index (χ0) is 15.2. The van der Waals surface area contributed by atoms with Crippen LogP contribution >= 0.6 is 11.6 Å². The van der Waals surface area contributed by atoms with Crippen molar-refractivity contribution < 1.29 is 4.79 Å². The predicted molar refractivity (Wildman–Crippen MR) is 84.6 cm³/mol. The van der Waals surface area contributed by atoms with Gasteiger partial charge in [-0.05, 0) is 37.4 Å². The summed E-state index contributed by atoms with van der Waals surface area (Å²) in [6, 6.07) is 6.73. The van der Waals surface area contributed by atoms with Crippen LogP contribution in [0, 0.1) is 0 Å². The Kier molecular flexibility index (Phi) is 5.36. The van der Waals surface area contributed by atoms with Crippen molar-refractivity contribution in [2.45, 2.75) is 20.4 Å². The van der Waals surface area contributed by atoms with E-state index in [1.54, 1.807) is 30.5 Å². The summed E-state index contributed by atoms with van der Waals surface area (Å²) in [6.07, 6.45) is 1.75. The van der Waals surface area contributed by atoms with Crippen LogP contribution in [-0.2, 0) is 6.54 Å². The molecule has 0 aliphatic heterocycles. The maximum absolute atomic E-state index is 12.0. The van der Waals surface area contributed by atoms with Crippen molar-refractivity contribution in [1.29, 1.82) is 0 Å². The largest absolute Gasteiger partial charge is 0.327 e. The number of halogens is 1. The first-order valence-corrected chi connectivity index (χ1v) is 7.33. The van der Waals surface area contributed by atoms with Crippen molar-refractivity contribution in [2.75, 3.05) is 18.4 Å². The van der Waals surface area contributed by atoms with Crippen LogP contribution in [0.3, 0.4) is 0 Å². The monoisotopic (exact) mass is 306 g/mol. The first-order chi connectivity index (χ1) is 10.1. The Morgan fingerprint density at radius 1 is 1.29 bits per heavy atom. The predicted octanol–water partition coefficient (Wildman–Crippen LogP) is 3.16. The molecule has 1 aromatic carbocycles. The fourth-order valence-corrected chi connectivity index (χ4v) is 2.10. The standard InChI is InChI=1S/C15H19ClN4O/c1-3-20(4-2)10-13-9-17-15(18-13)19-14(21)11-5-7-12(16)8-6-11/h5-9H,3-4,10H2,1-2H3,(H2,17,18,19,21). The van der Waals surface area contributed by atoms with E-state index in [2.05, 4.69) is 34.0 Å². The highest BCUT2D eigenvalue weighted by Crippen LogP contribution is 2.11. The Labute approximate surface area is 129 Å². The molecule has 1 aromatic heterocycles. The van der Waals surface area contributed by atoms with Crippen LogP contribution in [0.5, 0.6) is 0 Å². The van der Waals surface area contributed by atoms with E-state index in [0.717, 1.165) is 25.3 Å². The van der Waals surface area contributed by atoms with E-state index in [9.17, 15) is 4.79 Å². The number of aromatic amines is 1. The minimum Gasteiger partial charge on any atom is -0.327 e. The van der Waals surface area contributed by atoms with E-state index in [-0.39, 0.29) is 5.91 Å². The smallest absolute Gasteiger partial charge is 0.257 e. The van der Waals surface area contributed by atoms with Crippen LogP contribution < -0.4 is 5.32 Å². The number of hydrogen-bond acceptors (Lipinski definition) is 3. The second kappa shape index (κ2) is 7.24. The van der Waals surface area contributed by atoms with Gasteiger partial charge in [-0.1, -0.05) is 25.4 Å². The van der Waals surface area contributed by atoms with Crippen molar-refractivity contribution in [3.63, 3.8) is 0 Å². The SMILES string of the molecule is CCN(CC)Cc1cnc(NC(=O)c2ccc(Cl)cc2)[nH]1. The summed E-state index contributed by atoms with van der Waals surface area (Å²) in [5.41, 5.74) is 1.52. The number of carbonyl (C=O) groups is 1. The minimum absolute atomic E-state index is 0.213. The lowest BCUT2D eigenvalue weighted by Gasteiger charge is -2.16. The Hall–Kier alpha value is -1.85. The van der Waals surface area contributed by atoms with Crippen molar-refractivity contribution in [3.05, 3.63) is 46.7 Å². The highest BCUT2D eigenvalue weighted by molar-refractivity contribution is 6.30. The lowest BCUT2D eigenvalue weighted by atomic mass is 10.2. The summed E-state index contributed by atoms with van der Waals surface area (Å²) < 4.78 is 0. The molecule has 112 valence electrons. The number of H-pyrrole nitrogens is 1. The third-order valence-corrected chi connectivity index (χ3v) is 3.51. The number of imidazole rings is 1. The number of nitrogens with zero attached hydrogens (tertiary/aromatic N) is 2. The number of benzene rings is 1. The third kappa shape index (κ3) is 4.31. The van der Waals surface area contributed by atoms with Crippen LogP contribution in [0.4, 0.5) is 5.95 Å². The number of rotatable bonds is 6. The highest BCUT2D eigenvalue weighted by atomic mass is 35.5. The van der Waals surface area contributed by atoms with Gasteiger partial charge in [-0.25, -0.2) is 4.98 Å². The van der Waals surface area contributed by atoms with Crippen molar-refractivity contribution in [3.8, 4) is 0 Å². The van der Waals surface area contributed by atoms with Gasteiger partial charge in [0, 0.05) is 17.1 Å². The molecule has 0 aliphatic carbocycles. The number of amides is 1. The van der Waals surface area contributed by atoms with Crippen LogP contribution in [0.15, 0.2) is 30.5 Å². The molecular formula is C15H19ClN4O. The molecule has 0 bridgehead atoms. The molecule has 2 N–H and O–H groups in total. The number of hydrogen-bond donors (Lipinski definition) is 2. The van der Waals surface area contributed by atoms with Crippen LogP contribution in [-0.4, -0.2) is 33.9 Å². The number of carbonyl (C=O) groups excluding carboxylic acids is 1. The fourth-order valence-electron chi connectivity index (χ4n) is 1.97. The molecule has 1 amide bonds. The van der Waals surface area contributed by atoms with Crippen LogP contribution in [0.25, 0.3) is 0 Å². The third-order valence-electron chi connectivity index (χ3n) is 3.26. The first-order valence-electron chi connectivity index (χ1n) is 6.95. The molecule has 0 fully saturated rings. The molecular weight excluding hydrogens is 288 g/mol. The topological polar surface area (TPSA) is 61.0 Å². The zero-order valence-electron chi connectivity index (χ0n) is 12.2. The van der Waals surface area contributed by atoms with Crippen molar-refractivity contribution >= 4 is 23.5 Å². The molecule has 0 aliphatic rings. The average Bonchev–Trinajstić information content (AvgIpc) is 2.92. The van der Waals surface area contributed by atoms with Crippen molar-refractivity contribution in [2.24, 2.45) is 0 Å². The van der Waals surface area contributed by atoms with E-state index in [1.165, 1.54) is 0 Å². The molecule has 0 radical (unpaired) electrons. The summed E-state index contributed by atoms with van der Waals surface area (Å²) in [5.74, 6) is 0.243. The lowest BCUT2D eigenvalue weighted by molar-refractivity contribution is 0.102. The molecule has 1 heterocycles. The second-order valence-electron chi connectivity index (χ2n) is 4.68. The quantitative estimate of drug-likeness (QED) is 0.862. The molecule has 0 atom stereocenters. The minimum atomic E-state index is -0.213. The summed E-state index contributed by atoms with van der Waals surface area (Å²) in [4.78, 5) is 21.6. The van der Waals surface area contributed by atoms with E-state index in [0.29, 0.717) is 16.5 Å². The van der Waals surface area contributed by atoms with Crippen LogP contribution in [0.2, 0.25) is 5.02 Å². The van der Waals surface area contributed by atoms with Gasteiger partial charge in [0.1, 0.15) is 0 Å². The maximum atomic E-state index is 12.0. The molecule has 0 unspecified atom stereocenters. The fraction of sp³-hybridized carbons (Fsp3) is 0.333. The van der Waals surface area contributed by atoms with Gasteiger partial charge >= 0.3 is 0 Å². The Morgan fingerprint density at radius 3 is 2.57 bits per heavy atom. The highest BCUT2D eigenvalue weighted by Gasteiger charge is 2.09. The summed E-state index contributed by atoms with van der Waals surface area (Å²) in [6.45, 7) is 6.97. The summed E-state index contributed by atoms with van der Waals surface area (Å²) >= 11 is 5.80. The average molecular weight is 307 g/mol. The van der Waals surface area contributed by atoms with Gasteiger partial charge in [0.2, 0.25) is 5.95 Å². The van der Waals surface area contributed by atoms with Gasteiger partial charge in [0.25, 0.3) is 5.91 Å². The molecule has 5 nitrogen and oxygen atoms in total. The van der Waals surface area contributed by atoms with E-state index < -0.39 is 0 Å². The van der Waals surface area contributed by atoms with Gasteiger partial charge in [0.15, 0.2) is 0 Å². The normalized spacial score (nSPS) is 10.9. The first kappa shape index (κ1) is 15.5. The van der Waals surface area contributed by atoms with Gasteiger partial charge < -0.3 is 4.98 Å². The molecule has 6 heteroatoms. The van der Waals surface area contributed by atoms with Crippen molar-refractivity contribution in [1.82, 2.24) is 14.9 Å². The van der Waals surface area contributed by atoms with E-state index in [4.69, 9.17) is 11.6 Å². The summed E-state index contributed by atoms with van der Waals surface area (Å²) in [7, 11) is 0. The molecule has 2 aromatic rings. The number of anilines is 1. The Morgan fingerprint density at radius 2 is 1.95 bits per heavy atom. The lowest BCUT2D eigenvalue weighted by Crippen LogP contribution is -2.22. The summed E-state index contributed by atoms with van der Waals surface area (Å²) in [5, 5.41) is 3.34. The molecule has 2 rings (SSSR count). The molecule has 0 saturated carbocycles. The second-order valence-corrected chi connectivity index (χ2v) is 5.12. The van der Waals surface area contributed by atoms with Gasteiger partial charge in [0.05, 0.1) is 11.9 Å². The maximum Gasteiger partial charge on any atom is 0.257 e. The van der Waals surface area contributed by atoms with Crippen LogP contribution in [0.1, 0.15) is 29.9 Å². The Balaban J connectivity index is 1.98. The number of aromatic nitrogens is 2. The van der Waals surface area contributed by atoms with E-state index >= 15 is 0 Å². The molecule has 0 spiro atoms. The van der Waals surface area contributed by atoms with Gasteiger partial charge in [-0.3, -0.25) is 15.0 Å². The van der Waals surface area contributed by atoms with E-state index in [1.807, 2.05) is 0 Å².